The third-order valence-corrected chi connectivity index (χ3v) is 5.85. The van der Waals surface area contributed by atoms with Crippen molar-refractivity contribution in [3.05, 3.63) is 33.3 Å². The lowest BCUT2D eigenvalue weighted by molar-refractivity contribution is -0.123. The quantitative estimate of drug-likeness (QED) is 0.343. The largest absolute Gasteiger partial charge is 0.496 e. The van der Waals surface area contributed by atoms with Gasteiger partial charge in [0.05, 0.1) is 26.3 Å². The van der Waals surface area contributed by atoms with Crippen LogP contribution in [0.4, 0.5) is 0 Å². The average Bonchev–Trinajstić information content (AvgIpc) is 3.11. The highest BCUT2D eigenvalue weighted by Crippen LogP contribution is 2.45. The van der Waals surface area contributed by atoms with Gasteiger partial charge in [0.2, 0.25) is 0 Å². The number of cyclic esters (lactones) is 1. The number of aliphatic hydroxyl groups excluding tert-OH is 1. The summed E-state index contributed by atoms with van der Waals surface area (Å²) in [6, 6.07) is 0. The second-order valence-electron chi connectivity index (χ2n) is 8.47. The predicted molar refractivity (Wildman–Crippen MR) is 132 cm³/mol. The number of carbonyl (C=O) groups is 2. The predicted octanol–water partition coefficient (Wildman–Crippen LogP) is 3.20. The first kappa shape index (κ1) is 26.5. The van der Waals surface area contributed by atoms with E-state index >= 15 is 0 Å². The molecule has 0 saturated heterocycles. The van der Waals surface area contributed by atoms with E-state index in [-0.39, 0.29) is 30.4 Å². The Morgan fingerprint density at radius 1 is 1.30 bits per heavy atom. The molecule has 1 heterocycles. The minimum atomic E-state index is -1.67. The van der Waals surface area contributed by atoms with Crippen LogP contribution in [0.3, 0.4) is 0 Å². The lowest BCUT2D eigenvalue weighted by Gasteiger charge is -2.21. The van der Waals surface area contributed by atoms with Crippen LogP contribution < -0.4 is 9.47 Å². The van der Waals surface area contributed by atoms with Crippen LogP contribution in [0, 0.1) is 23.3 Å². The molecule has 0 radical (unpaired) electrons. The molecule has 0 aliphatic carbocycles. The molecule has 176 valence electrons. The van der Waals surface area contributed by atoms with E-state index in [1.165, 1.54) is 19.1 Å². The lowest BCUT2D eigenvalue weighted by Crippen LogP contribution is -2.27. The molecule has 33 heavy (non-hydrogen) atoms. The fraction of sp³-hybridized carbons (Fsp3) is 0.417. The summed E-state index contributed by atoms with van der Waals surface area (Å²) in [4.78, 5) is 26.0. The summed E-state index contributed by atoms with van der Waals surface area (Å²) < 4.78 is 16.9. The van der Waals surface area contributed by atoms with E-state index in [0.717, 1.165) is 0 Å². The molecule has 9 heteroatoms. The Kier molecular flexibility index (Phi) is 8.79. The molecule has 1 aromatic rings. The number of carbonyl (C=O) groups excluding carboxylic acids is 2. The van der Waals surface area contributed by atoms with Crippen LogP contribution in [0.2, 0.25) is 19.6 Å². The van der Waals surface area contributed by atoms with Crippen molar-refractivity contribution in [1.29, 1.82) is 0 Å². The summed E-state index contributed by atoms with van der Waals surface area (Å²) in [6.07, 6.45) is -1.01. The van der Waals surface area contributed by atoms with Crippen molar-refractivity contribution >= 4 is 35.9 Å². The molecule has 0 aromatic heterocycles. The van der Waals surface area contributed by atoms with Gasteiger partial charge in [0.1, 0.15) is 37.8 Å². The number of methoxy groups -OCH3 is 2. The van der Waals surface area contributed by atoms with E-state index in [0.29, 0.717) is 33.3 Å². The molecule has 1 amide bonds. The normalized spacial score (nSPS) is 12.9. The molecule has 0 saturated carbocycles. The number of hydrogen-bond acceptors (Lipinski definition) is 6. The van der Waals surface area contributed by atoms with E-state index in [4.69, 9.17) is 14.2 Å². The van der Waals surface area contributed by atoms with Gasteiger partial charge in [0.25, 0.3) is 5.91 Å². The average molecular weight is 534 g/mol. The monoisotopic (exact) mass is 533 g/mol. The molecular weight excluding hydrogens is 506 g/mol. The van der Waals surface area contributed by atoms with Crippen molar-refractivity contribution in [3.8, 4) is 34.8 Å². The Morgan fingerprint density at radius 2 is 1.94 bits per heavy atom. The Balaban J connectivity index is 2.46. The summed E-state index contributed by atoms with van der Waals surface area (Å²) in [6.45, 7) is 10.2. The second kappa shape index (κ2) is 10.9. The van der Waals surface area contributed by atoms with E-state index < -0.39 is 20.1 Å². The molecule has 0 bridgehead atoms. The van der Waals surface area contributed by atoms with Crippen molar-refractivity contribution in [1.82, 2.24) is 4.90 Å². The van der Waals surface area contributed by atoms with Crippen molar-refractivity contribution in [3.63, 3.8) is 0 Å². The van der Waals surface area contributed by atoms with Crippen LogP contribution in [0.25, 0.3) is 0 Å². The smallest absolute Gasteiger partial charge is 0.342 e. The highest BCUT2D eigenvalue weighted by Gasteiger charge is 2.36. The summed E-state index contributed by atoms with van der Waals surface area (Å²) in [5.41, 5.74) is 4.67. The number of hydrogen-bond donors (Lipinski definition) is 1. The Bertz CT molecular complexity index is 1100. The van der Waals surface area contributed by atoms with Gasteiger partial charge in [-0.3, -0.25) is 4.79 Å². The summed E-state index contributed by atoms with van der Waals surface area (Å²) in [7, 11) is 2.81. The molecule has 1 aliphatic rings. The number of amides is 1. The summed E-state index contributed by atoms with van der Waals surface area (Å²) >= 11 is 3.35. The first-order chi connectivity index (χ1) is 15.4. The van der Waals surface area contributed by atoms with Crippen molar-refractivity contribution < 1.29 is 28.9 Å². The second-order valence-corrected chi connectivity index (χ2v) is 14.3. The van der Waals surface area contributed by atoms with Gasteiger partial charge in [-0.25, -0.2) is 4.79 Å². The molecule has 1 unspecified atom stereocenters. The first-order valence-electron chi connectivity index (χ1n) is 10.2. The number of rotatable bonds is 6. The maximum atomic E-state index is 12.4. The van der Waals surface area contributed by atoms with Gasteiger partial charge in [-0.15, -0.1) is 5.54 Å². The van der Waals surface area contributed by atoms with Crippen LogP contribution in [0.15, 0.2) is 11.1 Å². The highest BCUT2D eigenvalue weighted by atomic mass is 79.9. The molecule has 2 rings (SSSR count). The lowest BCUT2D eigenvalue weighted by atomic mass is 9.91. The molecule has 1 N–H and O–H groups in total. The SMILES string of the molecule is C=C(Br)Cc1c(OC)c2c(c(OC)c1C(O)C#CCN(C)C(=O)C#C[Si](C)(C)C)C(=O)OC2. The summed E-state index contributed by atoms with van der Waals surface area (Å²) in [5, 5.41) is 11.0. The van der Waals surface area contributed by atoms with Gasteiger partial charge >= 0.3 is 5.97 Å². The number of halogens is 1. The number of nitrogens with zero attached hydrogens (tertiary/aromatic N) is 1. The van der Waals surface area contributed by atoms with Crippen LogP contribution in [-0.4, -0.2) is 57.8 Å². The number of aliphatic hydroxyl groups is 1. The number of fused-ring (bicyclic) bond motifs is 1. The van der Waals surface area contributed by atoms with Gasteiger partial charge in [-0.1, -0.05) is 54.0 Å². The van der Waals surface area contributed by atoms with Gasteiger partial charge < -0.3 is 24.2 Å². The fourth-order valence-corrected chi connectivity index (χ4v) is 4.01. The van der Waals surface area contributed by atoms with Crippen molar-refractivity contribution in [2.75, 3.05) is 27.8 Å². The zero-order valence-corrected chi connectivity index (χ0v) is 22.3. The minimum absolute atomic E-state index is 0.0445. The van der Waals surface area contributed by atoms with E-state index in [1.807, 2.05) is 0 Å². The molecule has 7 nitrogen and oxygen atoms in total. The molecule has 0 spiro atoms. The van der Waals surface area contributed by atoms with Gasteiger partial charge in [0, 0.05) is 24.6 Å². The van der Waals surface area contributed by atoms with Crippen molar-refractivity contribution in [2.24, 2.45) is 0 Å². The van der Waals surface area contributed by atoms with Crippen LogP contribution in [-0.2, 0) is 22.6 Å². The van der Waals surface area contributed by atoms with E-state index in [2.05, 4.69) is 65.5 Å². The number of esters is 1. The number of allylic oxidation sites excluding steroid dienone is 1. The topological polar surface area (TPSA) is 85.3 Å². The van der Waals surface area contributed by atoms with Crippen molar-refractivity contribution in [2.45, 2.75) is 38.8 Å². The molecule has 1 aromatic carbocycles. The maximum absolute atomic E-state index is 12.4. The van der Waals surface area contributed by atoms with Crippen LogP contribution in [0.5, 0.6) is 11.5 Å². The Morgan fingerprint density at radius 3 is 2.48 bits per heavy atom. The van der Waals surface area contributed by atoms with Gasteiger partial charge in [0.15, 0.2) is 0 Å². The standard InChI is InChI=1S/C24H28BrNO6Si/c1-15(25)13-16-20(23(31-4)21-17(22(16)30-3)14-32-24(21)29)18(27)9-8-11-26(2)19(28)10-12-33(5,6)7/h18,27H,1,11,13-14H2,2-7H3. The molecule has 0 fully saturated rings. The zero-order valence-electron chi connectivity index (χ0n) is 19.7. The third kappa shape index (κ3) is 6.41. The van der Waals surface area contributed by atoms with Crippen LogP contribution in [0.1, 0.15) is 33.2 Å². The maximum Gasteiger partial charge on any atom is 0.342 e. The van der Waals surface area contributed by atoms with Gasteiger partial charge in [-0.2, -0.15) is 0 Å². The Labute approximate surface area is 204 Å². The fourth-order valence-electron chi connectivity index (χ4n) is 3.25. The Hall–Kier alpha value is -2.72. The molecule has 1 atom stereocenters. The first-order valence-corrected chi connectivity index (χ1v) is 14.4. The van der Waals surface area contributed by atoms with Gasteiger partial charge in [-0.05, 0) is 10.4 Å². The van der Waals surface area contributed by atoms with E-state index in [1.54, 1.807) is 7.05 Å². The minimum Gasteiger partial charge on any atom is -0.496 e. The van der Waals surface area contributed by atoms with Crippen LogP contribution >= 0.6 is 15.9 Å². The number of benzene rings is 1. The molecular formula is C24H28BrNO6Si. The highest BCUT2D eigenvalue weighted by molar-refractivity contribution is 9.11. The van der Waals surface area contributed by atoms with E-state index in [9.17, 15) is 14.7 Å². The zero-order chi connectivity index (χ0) is 24.9. The third-order valence-electron chi connectivity index (χ3n) is 4.69. The number of ether oxygens (including phenoxy) is 3. The summed E-state index contributed by atoms with van der Waals surface area (Å²) in [5.74, 6) is 7.92. The molecule has 1 aliphatic heterocycles.